The molecule has 0 amide bonds. The fourth-order valence-electron chi connectivity index (χ4n) is 4.80. The third-order valence-electron chi connectivity index (χ3n) is 7.02. The normalized spacial score (nSPS) is 14.1. The number of furan rings is 2. The van der Waals surface area contributed by atoms with Crippen molar-refractivity contribution in [3.05, 3.63) is 34.8 Å². The Morgan fingerprint density at radius 1 is 0.694 bits per heavy atom. The van der Waals surface area contributed by atoms with Crippen LogP contribution in [0.15, 0.2) is 21.0 Å². The molecule has 2 aromatic heterocycles. The molecule has 0 saturated carbocycles. The SMILES string of the molecule is CCN(CC)CCCOC(O)c1c(C)oc2cc3c(C(O)OCCCN(CC)CC)c(C)oc3cc12. The molecule has 0 aliphatic heterocycles. The molecule has 8 nitrogen and oxygen atoms in total. The van der Waals surface area contributed by atoms with E-state index in [-0.39, 0.29) is 0 Å². The van der Waals surface area contributed by atoms with Gasteiger partial charge in [-0.3, -0.25) is 0 Å². The average Bonchev–Trinajstić information content (AvgIpc) is 3.36. The van der Waals surface area contributed by atoms with Crippen LogP contribution in [0.2, 0.25) is 0 Å². The van der Waals surface area contributed by atoms with E-state index in [9.17, 15) is 10.2 Å². The second-order valence-electron chi connectivity index (χ2n) is 9.20. The van der Waals surface area contributed by atoms with Gasteiger partial charge in [0.25, 0.3) is 0 Å². The van der Waals surface area contributed by atoms with Gasteiger partial charge in [0, 0.05) is 23.9 Å². The van der Waals surface area contributed by atoms with Crippen molar-refractivity contribution in [2.45, 2.75) is 67.0 Å². The van der Waals surface area contributed by atoms with Crippen molar-refractivity contribution in [2.75, 3.05) is 52.5 Å². The first-order valence-electron chi connectivity index (χ1n) is 13.3. The Morgan fingerprint density at radius 3 is 1.39 bits per heavy atom. The molecule has 0 aliphatic carbocycles. The number of nitrogens with zero attached hydrogens (tertiary/aromatic N) is 2. The average molecular weight is 505 g/mol. The van der Waals surface area contributed by atoms with Crippen LogP contribution in [0.4, 0.5) is 0 Å². The summed E-state index contributed by atoms with van der Waals surface area (Å²) in [6.07, 6.45) is -0.497. The molecular formula is C28H44N2O6. The Labute approximate surface area is 214 Å². The van der Waals surface area contributed by atoms with Gasteiger partial charge < -0.3 is 38.3 Å². The predicted molar refractivity (Wildman–Crippen MR) is 142 cm³/mol. The molecule has 0 spiro atoms. The molecule has 36 heavy (non-hydrogen) atoms. The molecule has 3 rings (SSSR count). The molecule has 2 N–H and O–H groups in total. The van der Waals surface area contributed by atoms with Crippen molar-refractivity contribution in [1.82, 2.24) is 9.80 Å². The third-order valence-corrected chi connectivity index (χ3v) is 7.02. The summed E-state index contributed by atoms with van der Waals surface area (Å²) in [5.41, 5.74) is 2.44. The molecule has 0 saturated heterocycles. The summed E-state index contributed by atoms with van der Waals surface area (Å²) in [4.78, 5) is 4.65. The second-order valence-corrected chi connectivity index (χ2v) is 9.20. The van der Waals surface area contributed by atoms with Crippen molar-refractivity contribution in [3.63, 3.8) is 0 Å². The lowest BCUT2D eigenvalue weighted by atomic mass is 10.1. The fraction of sp³-hybridized carbons (Fsp3) is 0.643. The van der Waals surface area contributed by atoms with E-state index >= 15 is 0 Å². The quantitative estimate of drug-likeness (QED) is 0.201. The monoisotopic (exact) mass is 504 g/mol. The van der Waals surface area contributed by atoms with Crippen LogP contribution in [0.1, 0.15) is 75.8 Å². The largest absolute Gasteiger partial charge is 0.461 e. The number of ether oxygens (including phenoxy) is 2. The van der Waals surface area contributed by atoms with E-state index in [2.05, 4.69) is 37.5 Å². The maximum absolute atomic E-state index is 10.8. The highest BCUT2D eigenvalue weighted by Crippen LogP contribution is 2.38. The summed E-state index contributed by atoms with van der Waals surface area (Å²) >= 11 is 0. The zero-order chi connectivity index (χ0) is 26.2. The summed E-state index contributed by atoms with van der Waals surface area (Å²) in [5, 5.41) is 23.1. The summed E-state index contributed by atoms with van der Waals surface area (Å²) in [6.45, 7) is 19.0. The molecule has 0 bridgehead atoms. The van der Waals surface area contributed by atoms with Crippen molar-refractivity contribution >= 4 is 21.9 Å². The zero-order valence-electron chi connectivity index (χ0n) is 22.8. The molecule has 202 valence electrons. The van der Waals surface area contributed by atoms with Crippen molar-refractivity contribution in [1.29, 1.82) is 0 Å². The van der Waals surface area contributed by atoms with Gasteiger partial charge in [-0.15, -0.1) is 0 Å². The van der Waals surface area contributed by atoms with Gasteiger partial charge in [-0.1, -0.05) is 27.7 Å². The van der Waals surface area contributed by atoms with Crippen molar-refractivity contribution in [3.8, 4) is 0 Å². The summed E-state index contributed by atoms with van der Waals surface area (Å²) in [6, 6.07) is 3.70. The molecule has 2 atom stereocenters. The highest BCUT2D eigenvalue weighted by Gasteiger charge is 2.24. The summed E-state index contributed by atoms with van der Waals surface area (Å²) in [7, 11) is 0. The molecule has 0 aliphatic rings. The Bertz CT molecular complexity index is 997. The molecular weight excluding hydrogens is 460 g/mol. The Kier molecular flexibility index (Phi) is 10.8. The van der Waals surface area contributed by atoms with Crippen molar-refractivity contribution < 1.29 is 28.5 Å². The Balaban J connectivity index is 1.73. The molecule has 2 heterocycles. The van der Waals surface area contributed by atoms with Crippen LogP contribution in [0, 0.1) is 13.8 Å². The minimum atomic E-state index is -1.09. The third kappa shape index (κ3) is 6.68. The first-order valence-corrected chi connectivity index (χ1v) is 13.3. The van der Waals surface area contributed by atoms with E-state index in [4.69, 9.17) is 18.3 Å². The predicted octanol–water partition coefficient (Wildman–Crippen LogP) is 5.27. The topological polar surface area (TPSA) is 91.7 Å². The van der Waals surface area contributed by atoms with E-state index in [1.54, 1.807) is 0 Å². The highest BCUT2D eigenvalue weighted by atomic mass is 16.6. The minimum Gasteiger partial charge on any atom is -0.461 e. The van der Waals surface area contributed by atoms with Gasteiger partial charge in [-0.05, 0) is 65.0 Å². The lowest BCUT2D eigenvalue weighted by molar-refractivity contribution is -0.104. The number of hydrogen-bond donors (Lipinski definition) is 2. The van der Waals surface area contributed by atoms with E-state index < -0.39 is 12.6 Å². The molecule has 0 radical (unpaired) electrons. The number of benzene rings is 1. The van der Waals surface area contributed by atoms with E-state index in [1.807, 2.05) is 26.0 Å². The van der Waals surface area contributed by atoms with E-state index in [0.717, 1.165) is 62.9 Å². The first-order chi connectivity index (χ1) is 17.3. The van der Waals surface area contributed by atoms with Gasteiger partial charge in [0.15, 0.2) is 12.6 Å². The van der Waals surface area contributed by atoms with Crippen LogP contribution in [-0.4, -0.2) is 72.5 Å². The summed E-state index contributed by atoms with van der Waals surface area (Å²) < 4.78 is 23.5. The fourth-order valence-corrected chi connectivity index (χ4v) is 4.80. The Hall–Kier alpha value is -1.94. The van der Waals surface area contributed by atoms with Gasteiger partial charge in [-0.2, -0.15) is 0 Å². The summed E-state index contributed by atoms with van der Waals surface area (Å²) in [5.74, 6) is 1.20. The lowest BCUT2D eigenvalue weighted by Crippen LogP contribution is -2.25. The number of hydrogen-bond acceptors (Lipinski definition) is 8. The molecule has 0 fully saturated rings. The van der Waals surface area contributed by atoms with Gasteiger partial charge in [0.2, 0.25) is 0 Å². The van der Waals surface area contributed by atoms with Gasteiger partial charge in [-0.25, -0.2) is 0 Å². The number of aryl methyl sites for hydroxylation is 2. The van der Waals surface area contributed by atoms with Crippen LogP contribution >= 0.6 is 0 Å². The van der Waals surface area contributed by atoms with E-state index in [1.165, 1.54) is 0 Å². The number of fused-ring (bicyclic) bond motifs is 2. The smallest absolute Gasteiger partial charge is 0.185 e. The van der Waals surface area contributed by atoms with Crippen molar-refractivity contribution in [2.24, 2.45) is 0 Å². The lowest BCUT2D eigenvalue weighted by Gasteiger charge is -2.18. The maximum Gasteiger partial charge on any atom is 0.185 e. The van der Waals surface area contributed by atoms with Crippen LogP contribution in [0.5, 0.6) is 0 Å². The van der Waals surface area contributed by atoms with Gasteiger partial charge in [0.05, 0.1) is 24.3 Å². The van der Waals surface area contributed by atoms with Crippen LogP contribution < -0.4 is 0 Å². The van der Waals surface area contributed by atoms with E-state index in [0.29, 0.717) is 47.0 Å². The van der Waals surface area contributed by atoms with Crippen LogP contribution in [0.3, 0.4) is 0 Å². The number of aliphatic hydroxyl groups excluding tert-OH is 2. The molecule has 1 aromatic carbocycles. The Morgan fingerprint density at radius 2 is 1.06 bits per heavy atom. The number of rotatable bonds is 16. The molecule has 8 heteroatoms. The first kappa shape index (κ1) is 28.6. The van der Waals surface area contributed by atoms with Gasteiger partial charge >= 0.3 is 0 Å². The van der Waals surface area contributed by atoms with Crippen LogP contribution in [0.25, 0.3) is 21.9 Å². The second kappa shape index (κ2) is 13.6. The van der Waals surface area contributed by atoms with Crippen LogP contribution in [-0.2, 0) is 9.47 Å². The molecule has 2 unspecified atom stereocenters. The maximum atomic E-state index is 10.8. The van der Waals surface area contributed by atoms with Gasteiger partial charge in [0.1, 0.15) is 22.7 Å². The molecule has 3 aromatic rings. The zero-order valence-corrected chi connectivity index (χ0v) is 22.8. The highest BCUT2D eigenvalue weighted by molar-refractivity contribution is 5.97. The standard InChI is InChI=1S/C28H44N2O6/c1-7-29(8-2)13-11-15-33-27(31)25-19(5)35-23-18-22-24(17-21(23)25)36-20(6)26(22)28(32)34-16-12-14-30(9-3)10-4/h17-18,27-28,31-32H,7-16H2,1-6H3. The minimum absolute atomic E-state index is 0.452. The number of aliphatic hydroxyl groups is 2.